The molecule has 21 heavy (non-hydrogen) atoms. The van der Waals surface area contributed by atoms with Crippen LogP contribution in [0.4, 0.5) is 5.69 Å². The van der Waals surface area contributed by atoms with E-state index in [0.717, 1.165) is 36.9 Å². The molecule has 0 aliphatic heterocycles. The highest BCUT2D eigenvalue weighted by Crippen LogP contribution is 2.52. The van der Waals surface area contributed by atoms with Crippen LogP contribution in [-0.4, -0.2) is 11.9 Å². The van der Waals surface area contributed by atoms with Crippen LogP contribution >= 0.6 is 0 Å². The average Bonchev–Trinajstić information content (AvgIpc) is 3.07. The fourth-order valence-electron chi connectivity index (χ4n) is 4.10. The third kappa shape index (κ3) is 2.55. The highest BCUT2D eigenvalue weighted by atomic mass is 16.4. The van der Waals surface area contributed by atoms with Crippen molar-refractivity contribution in [2.45, 2.75) is 32.6 Å². The maximum absolute atomic E-state index is 12.5. The summed E-state index contributed by atoms with van der Waals surface area (Å²) < 4.78 is 0. The van der Waals surface area contributed by atoms with E-state index in [2.05, 4.69) is 12.2 Å². The molecule has 4 atom stereocenters. The van der Waals surface area contributed by atoms with Crippen molar-refractivity contribution in [1.29, 1.82) is 0 Å². The predicted octanol–water partition coefficient (Wildman–Crippen LogP) is 1.60. The summed E-state index contributed by atoms with van der Waals surface area (Å²) in [5, 5.41) is 14.3. The summed E-state index contributed by atoms with van der Waals surface area (Å²) in [7, 11) is 0. The van der Waals surface area contributed by atoms with Gasteiger partial charge in [-0.25, -0.2) is 0 Å². The number of carboxylic acids is 1. The third-order valence-corrected chi connectivity index (χ3v) is 5.09. The summed E-state index contributed by atoms with van der Waals surface area (Å²) >= 11 is 0. The van der Waals surface area contributed by atoms with Crippen molar-refractivity contribution in [2.24, 2.45) is 23.7 Å². The number of hydrogen-bond donors (Lipinski definition) is 1. The number of aliphatic carboxylic acids is 1. The fourth-order valence-corrected chi connectivity index (χ4v) is 4.10. The standard InChI is InChI=1S/C17H21NO3/c1-2-10-4-3-5-13(8-10)18-16(19)14-11-6-7-12(9-11)15(14)17(20)21/h3-5,8,11-12,14-15H,2,6-7,9H2,1H3,(H,18,19)(H,20,21)/p-1/t11-,12-,14-,15-/m0/s1. The Morgan fingerprint density at radius 2 is 1.95 bits per heavy atom. The van der Waals surface area contributed by atoms with Gasteiger partial charge in [-0.05, 0) is 55.2 Å². The third-order valence-electron chi connectivity index (χ3n) is 5.09. The lowest BCUT2D eigenvalue weighted by Gasteiger charge is -2.30. The molecule has 2 bridgehead atoms. The van der Waals surface area contributed by atoms with Gasteiger partial charge in [-0.1, -0.05) is 19.1 Å². The van der Waals surface area contributed by atoms with Crippen LogP contribution in [0.15, 0.2) is 24.3 Å². The second-order valence-corrected chi connectivity index (χ2v) is 6.25. The zero-order valence-corrected chi connectivity index (χ0v) is 12.2. The molecule has 0 radical (unpaired) electrons. The second kappa shape index (κ2) is 5.51. The Bertz CT molecular complexity index is 569. The van der Waals surface area contributed by atoms with Gasteiger partial charge in [0.2, 0.25) is 5.91 Å². The quantitative estimate of drug-likeness (QED) is 0.914. The molecule has 0 aromatic heterocycles. The molecular formula is C17H20NO3-. The number of carbonyl (C=O) groups is 2. The Labute approximate surface area is 124 Å². The van der Waals surface area contributed by atoms with E-state index in [4.69, 9.17) is 0 Å². The van der Waals surface area contributed by atoms with Gasteiger partial charge in [0.15, 0.2) is 0 Å². The van der Waals surface area contributed by atoms with Crippen molar-refractivity contribution in [3.05, 3.63) is 29.8 Å². The molecular weight excluding hydrogens is 266 g/mol. The first-order valence-corrected chi connectivity index (χ1v) is 7.70. The number of rotatable bonds is 4. The highest BCUT2D eigenvalue weighted by Gasteiger charge is 2.51. The van der Waals surface area contributed by atoms with Crippen molar-refractivity contribution in [1.82, 2.24) is 0 Å². The molecule has 1 aromatic rings. The molecule has 2 saturated carbocycles. The first-order valence-electron chi connectivity index (χ1n) is 7.70. The smallest absolute Gasteiger partial charge is 0.228 e. The van der Waals surface area contributed by atoms with Gasteiger partial charge in [-0.15, -0.1) is 0 Å². The van der Waals surface area contributed by atoms with Gasteiger partial charge in [0.1, 0.15) is 0 Å². The lowest BCUT2D eigenvalue weighted by molar-refractivity contribution is -0.314. The van der Waals surface area contributed by atoms with Gasteiger partial charge in [0.25, 0.3) is 0 Å². The second-order valence-electron chi connectivity index (χ2n) is 6.25. The molecule has 112 valence electrons. The number of anilines is 1. The van der Waals surface area contributed by atoms with Crippen LogP contribution in [-0.2, 0) is 16.0 Å². The van der Waals surface area contributed by atoms with Crippen molar-refractivity contribution < 1.29 is 14.7 Å². The number of fused-ring (bicyclic) bond motifs is 2. The molecule has 2 aliphatic carbocycles. The minimum absolute atomic E-state index is 0.123. The number of aryl methyl sites for hydroxylation is 1. The first-order chi connectivity index (χ1) is 10.1. The number of amides is 1. The average molecular weight is 286 g/mol. The molecule has 0 saturated heterocycles. The van der Waals surface area contributed by atoms with Crippen LogP contribution in [0.5, 0.6) is 0 Å². The van der Waals surface area contributed by atoms with Crippen molar-refractivity contribution >= 4 is 17.6 Å². The molecule has 4 nitrogen and oxygen atoms in total. The van der Waals surface area contributed by atoms with Gasteiger partial charge in [0, 0.05) is 23.5 Å². The zero-order valence-electron chi connectivity index (χ0n) is 12.2. The van der Waals surface area contributed by atoms with Crippen molar-refractivity contribution in [2.75, 3.05) is 5.32 Å². The zero-order chi connectivity index (χ0) is 15.0. The monoisotopic (exact) mass is 286 g/mol. The van der Waals surface area contributed by atoms with E-state index < -0.39 is 17.8 Å². The molecule has 2 fully saturated rings. The molecule has 1 aromatic carbocycles. The molecule has 0 heterocycles. The molecule has 1 amide bonds. The molecule has 1 N–H and O–H groups in total. The maximum Gasteiger partial charge on any atom is 0.228 e. The summed E-state index contributed by atoms with van der Waals surface area (Å²) in [6, 6.07) is 7.71. The largest absolute Gasteiger partial charge is 0.550 e. The number of carboxylic acid groups (broad SMARTS) is 1. The summed E-state index contributed by atoms with van der Waals surface area (Å²) in [6.07, 6.45) is 3.63. The highest BCUT2D eigenvalue weighted by molar-refractivity contribution is 5.95. The Hall–Kier alpha value is -1.84. The van der Waals surface area contributed by atoms with Crippen molar-refractivity contribution in [3.63, 3.8) is 0 Å². The van der Waals surface area contributed by atoms with Crippen LogP contribution < -0.4 is 10.4 Å². The lowest BCUT2D eigenvalue weighted by Crippen LogP contribution is -2.43. The van der Waals surface area contributed by atoms with Crippen LogP contribution in [0, 0.1) is 23.7 Å². The Balaban J connectivity index is 1.76. The van der Waals surface area contributed by atoms with E-state index in [9.17, 15) is 14.7 Å². The van der Waals surface area contributed by atoms with Crippen LogP contribution in [0.25, 0.3) is 0 Å². The minimum Gasteiger partial charge on any atom is -0.550 e. The number of hydrogen-bond acceptors (Lipinski definition) is 3. The predicted molar refractivity (Wildman–Crippen MR) is 77.3 cm³/mol. The Morgan fingerprint density at radius 3 is 2.62 bits per heavy atom. The molecule has 0 spiro atoms. The van der Waals surface area contributed by atoms with E-state index in [1.165, 1.54) is 0 Å². The summed E-state index contributed by atoms with van der Waals surface area (Å²) in [5.41, 5.74) is 1.90. The van der Waals surface area contributed by atoms with E-state index in [1.807, 2.05) is 24.3 Å². The van der Waals surface area contributed by atoms with Crippen molar-refractivity contribution in [3.8, 4) is 0 Å². The number of nitrogens with one attached hydrogen (secondary N) is 1. The van der Waals surface area contributed by atoms with E-state index in [-0.39, 0.29) is 17.7 Å². The topological polar surface area (TPSA) is 69.2 Å². The van der Waals surface area contributed by atoms with Gasteiger partial charge >= 0.3 is 0 Å². The van der Waals surface area contributed by atoms with Gasteiger partial charge in [0.05, 0.1) is 0 Å². The van der Waals surface area contributed by atoms with Gasteiger partial charge in [-0.3, -0.25) is 4.79 Å². The Morgan fingerprint density at radius 1 is 1.24 bits per heavy atom. The summed E-state index contributed by atoms with van der Waals surface area (Å²) in [6.45, 7) is 2.06. The van der Waals surface area contributed by atoms with Crippen LogP contribution in [0.2, 0.25) is 0 Å². The number of carbonyl (C=O) groups excluding carboxylic acids is 2. The summed E-state index contributed by atoms with van der Waals surface area (Å²) in [4.78, 5) is 23.9. The molecule has 3 rings (SSSR count). The van der Waals surface area contributed by atoms with Crippen LogP contribution in [0.1, 0.15) is 31.7 Å². The summed E-state index contributed by atoms with van der Waals surface area (Å²) in [5.74, 6) is -1.95. The maximum atomic E-state index is 12.5. The van der Waals surface area contributed by atoms with E-state index in [0.29, 0.717) is 0 Å². The number of benzene rings is 1. The minimum atomic E-state index is -1.07. The SMILES string of the molecule is CCc1cccc(NC(=O)[C@H]2[C@H]3CC[C@@H](C3)[C@@H]2C(=O)[O-])c1. The van der Waals surface area contributed by atoms with E-state index in [1.54, 1.807) is 0 Å². The normalized spacial score (nSPS) is 30.3. The fraction of sp³-hybridized carbons (Fsp3) is 0.529. The first kappa shape index (κ1) is 14.1. The van der Waals surface area contributed by atoms with Gasteiger partial charge < -0.3 is 15.2 Å². The molecule has 4 heteroatoms. The Kier molecular flexibility index (Phi) is 3.70. The van der Waals surface area contributed by atoms with Gasteiger partial charge in [-0.2, -0.15) is 0 Å². The van der Waals surface area contributed by atoms with Crippen LogP contribution in [0.3, 0.4) is 0 Å². The molecule has 0 unspecified atom stereocenters. The molecule has 2 aliphatic rings. The van der Waals surface area contributed by atoms with E-state index >= 15 is 0 Å². The lowest BCUT2D eigenvalue weighted by atomic mass is 9.78.